The van der Waals surface area contributed by atoms with Gasteiger partial charge in [-0.05, 0) is 24.1 Å². The molecule has 0 saturated carbocycles. The van der Waals surface area contributed by atoms with Crippen LogP contribution in [0.3, 0.4) is 0 Å². The zero-order valence-corrected chi connectivity index (χ0v) is 19.6. The molecule has 0 spiro atoms. The summed E-state index contributed by atoms with van der Waals surface area (Å²) in [7, 11) is 0. The lowest BCUT2D eigenvalue weighted by Crippen LogP contribution is -2.38. The Bertz CT molecular complexity index is 1100. The number of aliphatic hydroxyl groups is 1. The molecule has 1 atom stereocenters. The predicted molar refractivity (Wildman–Crippen MR) is 131 cm³/mol. The number of nitrogens with zero attached hydrogens (tertiary/aromatic N) is 2. The predicted octanol–water partition coefficient (Wildman–Crippen LogP) is 4.02. The number of aliphatic hydroxyl groups excluding tert-OH is 1. The minimum absolute atomic E-state index is 0.115. The third kappa shape index (κ3) is 7.55. The van der Waals surface area contributed by atoms with Gasteiger partial charge in [0.2, 0.25) is 5.91 Å². The van der Waals surface area contributed by atoms with E-state index in [-0.39, 0.29) is 24.6 Å². The minimum Gasteiger partial charge on any atom is -0.391 e. The summed E-state index contributed by atoms with van der Waals surface area (Å²) in [5, 5.41) is 13.6. The third-order valence-corrected chi connectivity index (χ3v) is 5.63. The summed E-state index contributed by atoms with van der Waals surface area (Å²) >= 11 is 5.98. The molecular formula is C26H30ClN3O3. The van der Waals surface area contributed by atoms with Crippen molar-refractivity contribution in [1.82, 2.24) is 14.9 Å². The Morgan fingerprint density at radius 2 is 1.85 bits per heavy atom. The molecule has 0 radical (unpaired) electrons. The van der Waals surface area contributed by atoms with E-state index in [1.54, 1.807) is 12.1 Å². The summed E-state index contributed by atoms with van der Waals surface area (Å²) < 4.78 is 1.42. The summed E-state index contributed by atoms with van der Waals surface area (Å²) in [6.07, 6.45) is 3.28. The van der Waals surface area contributed by atoms with E-state index in [1.165, 1.54) is 10.6 Å². The molecule has 0 aliphatic carbocycles. The number of carbonyl (C=O) groups excluding carboxylic acids is 1. The molecule has 6 nitrogen and oxygen atoms in total. The number of rotatable bonds is 11. The summed E-state index contributed by atoms with van der Waals surface area (Å²) in [4.78, 5) is 30.2. The van der Waals surface area contributed by atoms with E-state index in [0.29, 0.717) is 29.4 Å². The molecule has 0 bridgehead atoms. The van der Waals surface area contributed by atoms with Crippen molar-refractivity contribution in [3.05, 3.63) is 87.4 Å². The van der Waals surface area contributed by atoms with Crippen LogP contribution in [0.15, 0.2) is 65.5 Å². The van der Waals surface area contributed by atoms with E-state index in [4.69, 9.17) is 16.6 Å². The fraction of sp³-hybridized carbons (Fsp3) is 0.346. The molecule has 174 valence electrons. The molecule has 0 aliphatic heterocycles. The Balaban J connectivity index is 1.71. The van der Waals surface area contributed by atoms with Crippen molar-refractivity contribution in [1.29, 1.82) is 0 Å². The first-order valence-electron chi connectivity index (χ1n) is 11.3. The zero-order valence-electron chi connectivity index (χ0n) is 18.8. The van der Waals surface area contributed by atoms with E-state index < -0.39 is 6.10 Å². The highest BCUT2D eigenvalue weighted by Crippen LogP contribution is 2.19. The fourth-order valence-electron chi connectivity index (χ4n) is 3.60. The fourth-order valence-corrected chi connectivity index (χ4v) is 3.73. The standard InChI is InChI=1S/C26H30ClN3O3/c1-2-3-5-10-24-29-23(20-11-13-21(27)14-12-20)16-26(33)30(24)18-25(32)28-17-22(31)15-19-8-6-4-7-9-19/h4,6-9,11-14,16,22,31H,2-3,5,10,15,17-18H2,1H3,(H,28,32). The van der Waals surface area contributed by atoms with Crippen molar-refractivity contribution in [3.63, 3.8) is 0 Å². The number of carbonyl (C=O) groups is 1. The van der Waals surface area contributed by atoms with Crippen molar-refractivity contribution in [2.45, 2.75) is 51.7 Å². The molecular weight excluding hydrogens is 438 g/mol. The summed E-state index contributed by atoms with van der Waals surface area (Å²) in [6, 6.07) is 18.2. The molecule has 0 fully saturated rings. The van der Waals surface area contributed by atoms with Crippen LogP contribution in [0.4, 0.5) is 0 Å². The minimum atomic E-state index is -0.706. The number of nitrogens with one attached hydrogen (secondary N) is 1. The number of amides is 1. The Labute approximate surface area is 199 Å². The molecule has 3 rings (SSSR count). The number of aromatic nitrogens is 2. The summed E-state index contributed by atoms with van der Waals surface area (Å²) in [5.74, 6) is 0.253. The second-order valence-corrected chi connectivity index (χ2v) is 8.53. The lowest BCUT2D eigenvalue weighted by molar-refractivity contribution is -0.122. The molecule has 0 saturated heterocycles. The third-order valence-electron chi connectivity index (χ3n) is 5.38. The maximum atomic E-state index is 12.9. The summed E-state index contributed by atoms with van der Waals surface area (Å²) in [5.41, 5.74) is 2.09. The lowest BCUT2D eigenvalue weighted by Gasteiger charge is -2.15. The second-order valence-electron chi connectivity index (χ2n) is 8.09. The van der Waals surface area contributed by atoms with Gasteiger partial charge < -0.3 is 10.4 Å². The van der Waals surface area contributed by atoms with E-state index in [1.807, 2.05) is 42.5 Å². The molecule has 33 heavy (non-hydrogen) atoms. The van der Waals surface area contributed by atoms with Crippen molar-refractivity contribution < 1.29 is 9.90 Å². The molecule has 7 heteroatoms. The number of aryl methyl sites for hydroxylation is 1. The number of hydrogen-bond acceptors (Lipinski definition) is 4. The van der Waals surface area contributed by atoms with Gasteiger partial charge in [-0.3, -0.25) is 14.2 Å². The van der Waals surface area contributed by atoms with E-state index in [0.717, 1.165) is 30.4 Å². The lowest BCUT2D eigenvalue weighted by atomic mass is 10.1. The first-order chi connectivity index (χ1) is 16.0. The normalized spacial score (nSPS) is 11.8. The first-order valence-corrected chi connectivity index (χ1v) is 11.7. The Morgan fingerprint density at radius 3 is 2.55 bits per heavy atom. The number of halogens is 1. The highest BCUT2D eigenvalue weighted by molar-refractivity contribution is 6.30. The van der Waals surface area contributed by atoms with Crippen LogP contribution in [0.1, 0.15) is 37.6 Å². The van der Waals surface area contributed by atoms with Crippen LogP contribution in [0.2, 0.25) is 5.02 Å². The van der Waals surface area contributed by atoms with Gasteiger partial charge in [0.05, 0.1) is 11.8 Å². The zero-order chi connectivity index (χ0) is 23.6. The van der Waals surface area contributed by atoms with Gasteiger partial charge in [-0.2, -0.15) is 0 Å². The largest absolute Gasteiger partial charge is 0.391 e. The van der Waals surface area contributed by atoms with Gasteiger partial charge in [-0.25, -0.2) is 4.98 Å². The van der Waals surface area contributed by atoms with Gasteiger partial charge in [-0.15, -0.1) is 0 Å². The van der Waals surface area contributed by atoms with Crippen LogP contribution < -0.4 is 10.9 Å². The van der Waals surface area contributed by atoms with Gasteiger partial charge >= 0.3 is 0 Å². The van der Waals surface area contributed by atoms with Crippen LogP contribution >= 0.6 is 11.6 Å². The van der Waals surface area contributed by atoms with Crippen LogP contribution in [0, 0.1) is 0 Å². The van der Waals surface area contributed by atoms with Crippen LogP contribution in [0.25, 0.3) is 11.3 Å². The molecule has 3 aromatic rings. The van der Waals surface area contributed by atoms with E-state index in [9.17, 15) is 14.7 Å². The van der Waals surface area contributed by atoms with Crippen LogP contribution in [-0.4, -0.2) is 33.2 Å². The maximum Gasteiger partial charge on any atom is 0.254 e. The molecule has 1 aromatic heterocycles. The Kier molecular flexibility index (Phi) is 9.22. The SMILES string of the molecule is CCCCCc1nc(-c2ccc(Cl)cc2)cc(=O)n1CC(=O)NCC(O)Cc1ccccc1. The van der Waals surface area contributed by atoms with Crippen molar-refractivity contribution in [3.8, 4) is 11.3 Å². The molecule has 1 unspecified atom stereocenters. The van der Waals surface area contributed by atoms with Crippen molar-refractivity contribution in [2.75, 3.05) is 6.54 Å². The molecule has 2 N–H and O–H groups in total. The molecule has 1 heterocycles. The average Bonchev–Trinajstić information content (AvgIpc) is 2.81. The molecule has 0 aliphatic rings. The quantitative estimate of drug-likeness (QED) is 0.417. The maximum absolute atomic E-state index is 12.9. The van der Waals surface area contributed by atoms with Gasteiger partial charge in [0.15, 0.2) is 0 Å². The Morgan fingerprint density at radius 1 is 1.12 bits per heavy atom. The number of unbranched alkanes of at least 4 members (excludes halogenated alkanes) is 2. The van der Waals surface area contributed by atoms with Crippen LogP contribution in [0.5, 0.6) is 0 Å². The topological polar surface area (TPSA) is 84.2 Å². The summed E-state index contributed by atoms with van der Waals surface area (Å²) in [6.45, 7) is 2.09. The first kappa shape index (κ1) is 24.7. The number of benzene rings is 2. The average molecular weight is 468 g/mol. The smallest absolute Gasteiger partial charge is 0.254 e. The highest BCUT2D eigenvalue weighted by Gasteiger charge is 2.14. The van der Waals surface area contributed by atoms with Gasteiger partial charge in [-0.1, -0.05) is 73.8 Å². The van der Waals surface area contributed by atoms with Gasteiger partial charge in [0.1, 0.15) is 12.4 Å². The number of hydrogen-bond donors (Lipinski definition) is 2. The van der Waals surface area contributed by atoms with Crippen molar-refractivity contribution in [2.24, 2.45) is 0 Å². The highest BCUT2D eigenvalue weighted by atomic mass is 35.5. The monoisotopic (exact) mass is 467 g/mol. The van der Waals surface area contributed by atoms with Gasteiger partial charge in [0.25, 0.3) is 5.56 Å². The van der Waals surface area contributed by atoms with E-state index in [2.05, 4.69) is 12.2 Å². The Hall–Kier alpha value is -2.96. The van der Waals surface area contributed by atoms with Gasteiger partial charge in [0, 0.05) is 36.0 Å². The van der Waals surface area contributed by atoms with Crippen molar-refractivity contribution >= 4 is 17.5 Å². The second kappa shape index (κ2) is 12.3. The molecule has 1 amide bonds. The molecule has 2 aromatic carbocycles. The van der Waals surface area contributed by atoms with E-state index >= 15 is 0 Å². The van der Waals surface area contributed by atoms with Crippen LogP contribution in [-0.2, 0) is 24.2 Å².